The molecule has 0 atom stereocenters. The van der Waals surface area contributed by atoms with E-state index >= 15 is 0 Å². The summed E-state index contributed by atoms with van der Waals surface area (Å²) < 4.78 is 46.5. The molecule has 9 heteroatoms. The Morgan fingerprint density at radius 3 is 2.33 bits per heavy atom. The van der Waals surface area contributed by atoms with Crippen molar-refractivity contribution in [1.29, 1.82) is 0 Å². The van der Waals surface area contributed by atoms with Crippen molar-refractivity contribution in [2.75, 3.05) is 0 Å². The molecule has 0 aromatic carbocycles. The Bertz CT molecular complexity index is 471. The van der Waals surface area contributed by atoms with Crippen molar-refractivity contribution in [3.05, 3.63) is 20.5 Å². The van der Waals surface area contributed by atoms with Crippen LogP contribution in [0.4, 0.5) is 8.78 Å². The van der Waals surface area contributed by atoms with E-state index < -0.39 is 31.2 Å². The molecule has 1 rings (SSSR count). The summed E-state index contributed by atoms with van der Waals surface area (Å²) in [6, 6.07) is 0.923. The van der Waals surface area contributed by atoms with Crippen LogP contribution in [-0.2, 0) is 9.05 Å². The maximum atomic E-state index is 12.2. The lowest BCUT2D eigenvalue weighted by atomic mass is 10.4. The van der Waals surface area contributed by atoms with Crippen LogP contribution < -0.4 is 0 Å². The molecule has 0 aliphatic heterocycles. The number of hydrogen-bond donors (Lipinski definition) is 0. The quantitative estimate of drug-likeness (QED) is 0.444. The van der Waals surface area contributed by atoms with E-state index in [-0.39, 0.29) is 3.57 Å². The van der Waals surface area contributed by atoms with E-state index in [4.69, 9.17) is 22.3 Å². The van der Waals surface area contributed by atoms with E-state index in [2.05, 4.69) is 4.98 Å². The molecule has 15 heavy (non-hydrogen) atoms. The zero-order valence-electron chi connectivity index (χ0n) is 6.72. The highest BCUT2D eigenvalue weighted by atomic mass is 127. The highest BCUT2D eigenvalue weighted by molar-refractivity contribution is 14.1. The van der Waals surface area contributed by atoms with Gasteiger partial charge < -0.3 is 0 Å². The Morgan fingerprint density at radius 1 is 1.47 bits per heavy atom. The molecule has 0 aliphatic carbocycles. The molecular weight excluding hydrogens is 386 g/mol. The number of aromatic nitrogens is 1. The minimum atomic E-state index is -4.08. The summed E-state index contributed by atoms with van der Waals surface area (Å²) in [7, 11) is 0.975. The van der Waals surface area contributed by atoms with Gasteiger partial charge in [0.15, 0.2) is 5.15 Å². The van der Waals surface area contributed by atoms with Crippen molar-refractivity contribution in [2.24, 2.45) is 0 Å². The van der Waals surface area contributed by atoms with Gasteiger partial charge in [0.1, 0.15) is 10.6 Å². The number of nitrogens with zero attached hydrogens (tertiary/aromatic N) is 1. The van der Waals surface area contributed by atoms with Crippen molar-refractivity contribution in [1.82, 2.24) is 4.98 Å². The summed E-state index contributed by atoms with van der Waals surface area (Å²) in [6.45, 7) is 0. The Kier molecular flexibility index (Phi) is 4.13. The van der Waals surface area contributed by atoms with Crippen LogP contribution in [0, 0.1) is 3.57 Å². The second-order valence-electron chi connectivity index (χ2n) is 2.39. The van der Waals surface area contributed by atoms with Gasteiger partial charge in [-0.1, -0.05) is 11.6 Å². The lowest BCUT2D eigenvalue weighted by molar-refractivity contribution is 0.146. The van der Waals surface area contributed by atoms with Gasteiger partial charge >= 0.3 is 0 Å². The lowest BCUT2D eigenvalue weighted by Gasteiger charge is -2.05. The highest BCUT2D eigenvalue weighted by Crippen LogP contribution is 2.31. The van der Waals surface area contributed by atoms with E-state index in [0.717, 1.165) is 6.07 Å². The molecule has 0 radical (unpaired) electrons. The number of alkyl halides is 2. The van der Waals surface area contributed by atoms with Gasteiger partial charge in [-0.2, -0.15) is 0 Å². The van der Waals surface area contributed by atoms with E-state index in [1.54, 1.807) is 22.6 Å². The normalized spacial score (nSPS) is 12.1. The third-order valence-corrected chi connectivity index (χ3v) is 4.34. The minimum absolute atomic E-state index is 0.0119. The molecule has 3 nitrogen and oxygen atoms in total. The lowest BCUT2D eigenvalue weighted by Crippen LogP contribution is -2.01. The predicted molar refractivity (Wildman–Crippen MR) is 60.0 cm³/mol. The molecule has 1 heterocycles. The first kappa shape index (κ1) is 13.3. The van der Waals surface area contributed by atoms with Crippen molar-refractivity contribution < 1.29 is 17.2 Å². The molecule has 0 unspecified atom stereocenters. The third-order valence-electron chi connectivity index (χ3n) is 1.37. The first-order valence-corrected chi connectivity index (χ1v) is 7.09. The van der Waals surface area contributed by atoms with Crippen LogP contribution in [0.2, 0.25) is 5.15 Å². The van der Waals surface area contributed by atoms with Gasteiger partial charge in [0.2, 0.25) is 0 Å². The average molecular weight is 388 g/mol. The van der Waals surface area contributed by atoms with E-state index in [0.29, 0.717) is 0 Å². The summed E-state index contributed by atoms with van der Waals surface area (Å²) in [4.78, 5) is 2.80. The predicted octanol–water partition coefficient (Wildman–Crippen LogP) is 3.20. The number of hydrogen-bond acceptors (Lipinski definition) is 3. The molecule has 84 valence electrons. The second-order valence-corrected chi connectivity index (χ2v) is 6.41. The Morgan fingerprint density at radius 2 is 2.00 bits per heavy atom. The molecule has 0 saturated carbocycles. The summed E-state index contributed by atoms with van der Waals surface area (Å²) in [5.41, 5.74) is -0.589. The van der Waals surface area contributed by atoms with Gasteiger partial charge in [-0.25, -0.2) is 22.2 Å². The summed E-state index contributed by atoms with van der Waals surface area (Å²) in [5, 5.41) is -0.549. The summed E-state index contributed by atoms with van der Waals surface area (Å²) in [6.07, 6.45) is -2.82. The fourth-order valence-electron chi connectivity index (χ4n) is 0.819. The first-order chi connectivity index (χ1) is 6.73. The average Bonchev–Trinajstić information content (AvgIpc) is 1.99. The van der Waals surface area contributed by atoms with Gasteiger partial charge in [0.05, 0.1) is 0 Å². The van der Waals surface area contributed by atoms with Gasteiger partial charge in [0.25, 0.3) is 15.5 Å². The molecule has 0 bridgehead atoms. The largest absolute Gasteiger partial charge is 0.280 e. The van der Waals surface area contributed by atoms with Crippen LogP contribution in [-0.4, -0.2) is 13.4 Å². The molecule has 0 amide bonds. The van der Waals surface area contributed by atoms with Crippen LogP contribution >= 0.6 is 44.9 Å². The van der Waals surface area contributed by atoms with Gasteiger partial charge in [-0.05, 0) is 28.7 Å². The van der Waals surface area contributed by atoms with Crippen molar-refractivity contribution >= 4 is 53.9 Å². The van der Waals surface area contributed by atoms with E-state index in [1.165, 1.54) is 0 Å². The second kappa shape index (κ2) is 4.64. The van der Waals surface area contributed by atoms with Crippen molar-refractivity contribution in [2.45, 2.75) is 11.3 Å². The van der Waals surface area contributed by atoms with Crippen molar-refractivity contribution in [3.63, 3.8) is 0 Å². The van der Waals surface area contributed by atoms with Crippen LogP contribution in [0.15, 0.2) is 11.0 Å². The fourth-order valence-corrected chi connectivity index (χ4v) is 4.44. The van der Waals surface area contributed by atoms with Gasteiger partial charge in [-0.15, -0.1) is 0 Å². The third kappa shape index (κ3) is 3.11. The first-order valence-electron chi connectivity index (χ1n) is 3.32. The smallest absolute Gasteiger partial charge is 0.234 e. The van der Waals surface area contributed by atoms with Crippen LogP contribution in [0.25, 0.3) is 0 Å². The fraction of sp³-hybridized carbons (Fsp3) is 0.167. The van der Waals surface area contributed by atoms with Crippen LogP contribution in [0.3, 0.4) is 0 Å². The molecule has 0 saturated heterocycles. The highest BCUT2D eigenvalue weighted by Gasteiger charge is 2.23. The van der Waals surface area contributed by atoms with Gasteiger partial charge in [-0.3, -0.25) is 0 Å². The van der Waals surface area contributed by atoms with Crippen LogP contribution in [0.5, 0.6) is 0 Å². The zero-order valence-corrected chi connectivity index (χ0v) is 11.2. The SMILES string of the molecule is O=S(=O)(Cl)c1c(I)cc(C(F)F)nc1Cl. The molecule has 1 aromatic heterocycles. The molecule has 0 fully saturated rings. The molecule has 1 aromatic rings. The number of pyridine rings is 1. The number of halogens is 5. The van der Waals surface area contributed by atoms with E-state index in [1.807, 2.05) is 0 Å². The molecule has 0 spiro atoms. The Labute approximate surface area is 107 Å². The van der Waals surface area contributed by atoms with Crippen LogP contribution in [0.1, 0.15) is 12.1 Å². The molecular formula is C6H2Cl2F2INO2S. The summed E-state index contributed by atoms with van der Waals surface area (Å²) in [5.74, 6) is 0. The van der Waals surface area contributed by atoms with E-state index in [9.17, 15) is 17.2 Å². The minimum Gasteiger partial charge on any atom is -0.234 e. The number of rotatable bonds is 2. The molecule has 0 N–H and O–H groups in total. The maximum Gasteiger partial charge on any atom is 0.280 e. The zero-order chi connectivity index (χ0) is 11.8. The maximum absolute atomic E-state index is 12.2. The Balaban J connectivity index is 3.48. The molecule has 0 aliphatic rings. The standard InChI is InChI=1S/C6H2Cl2F2INO2S/c7-5-4(15(8,13)14)2(11)1-3(12-5)6(9)10/h1,6H. The van der Waals surface area contributed by atoms with Crippen molar-refractivity contribution in [3.8, 4) is 0 Å². The van der Waals surface area contributed by atoms with Gasteiger partial charge in [0, 0.05) is 14.3 Å². The Hall–Kier alpha value is 0.270. The topological polar surface area (TPSA) is 47.0 Å². The summed E-state index contributed by atoms with van der Waals surface area (Å²) >= 11 is 7.00. The monoisotopic (exact) mass is 387 g/mol.